The lowest BCUT2D eigenvalue weighted by Gasteiger charge is -1.86. The van der Waals surface area contributed by atoms with Gasteiger partial charge in [-0.15, -0.1) is 0 Å². The minimum Gasteiger partial charge on any atom is -0.347 e. The third-order valence-electron chi connectivity index (χ3n) is 1.66. The average Bonchev–Trinajstić information content (AvgIpc) is 2.34. The summed E-state index contributed by atoms with van der Waals surface area (Å²) in [7, 11) is 2.07. The zero-order valence-corrected chi connectivity index (χ0v) is 5.76. The maximum absolute atomic E-state index is 4.15. The molecule has 0 aromatic carbocycles. The van der Waals surface area contributed by atoms with Gasteiger partial charge >= 0.3 is 0 Å². The van der Waals surface area contributed by atoms with Gasteiger partial charge in [-0.05, 0) is 12.3 Å². The van der Waals surface area contributed by atoms with E-state index in [2.05, 4.69) is 23.9 Å². The Labute approximate surface area is 59.7 Å². The van der Waals surface area contributed by atoms with Crippen LogP contribution in [-0.4, -0.2) is 17.8 Å². The number of rotatable bonds is 0. The van der Waals surface area contributed by atoms with Crippen LogP contribution in [0, 0.1) is 0 Å². The second kappa shape index (κ2) is 1.87. The Morgan fingerprint density at radius 1 is 1.50 bits per heavy atom. The van der Waals surface area contributed by atoms with Crippen LogP contribution in [0.25, 0.3) is 11.0 Å². The topological polar surface area (TPSA) is 28.7 Å². The zero-order valence-electron chi connectivity index (χ0n) is 5.76. The van der Waals surface area contributed by atoms with Crippen LogP contribution in [0.5, 0.6) is 0 Å². The number of hydrogen-bond donors (Lipinski definition) is 1. The molecule has 48 valence electrons. The van der Waals surface area contributed by atoms with Gasteiger partial charge in [0.15, 0.2) is 0 Å². The summed E-state index contributed by atoms with van der Waals surface area (Å²) in [6, 6.07) is 4.01. The number of nitrogens with one attached hydrogen (secondary N) is 1. The molecule has 0 unspecified atom stereocenters. The van der Waals surface area contributed by atoms with Gasteiger partial charge in [-0.25, -0.2) is 4.98 Å². The molecule has 1 N–H and O–H groups in total. The number of hydrogen-bond acceptors (Lipinski definition) is 1. The van der Waals surface area contributed by atoms with Crippen molar-refractivity contribution in [3.63, 3.8) is 0 Å². The van der Waals surface area contributed by atoms with Crippen molar-refractivity contribution in [3.05, 3.63) is 24.5 Å². The van der Waals surface area contributed by atoms with Crippen molar-refractivity contribution in [2.24, 2.45) is 0 Å². The summed E-state index contributed by atoms with van der Waals surface area (Å²) in [4.78, 5) is 7.22. The van der Waals surface area contributed by atoms with E-state index in [0.29, 0.717) is 0 Å². The number of aromatic amines is 1. The number of pyridine rings is 1. The maximum atomic E-state index is 4.15. The van der Waals surface area contributed by atoms with Crippen LogP contribution in [0.1, 0.15) is 0 Å². The van der Waals surface area contributed by atoms with E-state index in [1.165, 1.54) is 10.8 Å². The molecule has 0 saturated carbocycles. The average molecular weight is 130 g/mol. The first-order valence-electron chi connectivity index (χ1n) is 3.26. The largest absolute Gasteiger partial charge is 0.347 e. The maximum Gasteiger partial charge on any atom is 0.142 e. The molecule has 3 heteroatoms. The van der Waals surface area contributed by atoms with Crippen molar-refractivity contribution in [3.8, 4) is 0 Å². The van der Waals surface area contributed by atoms with E-state index in [1.807, 2.05) is 12.3 Å². The molecule has 2 aromatic rings. The van der Waals surface area contributed by atoms with E-state index in [9.17, 15) is 0 Å². The molecule has 0 radical (unpaired) electrons. The Morgan fingerprint density at radius 3 is 3.20 bits per heavy atom. The van der Waals surface area contributed by atoms with Crippen molar-refractivity contribution in [1.82, 2.24) is 9.97 Å². The van der Waals surface area contributed by atoms with E-state index in [-0.39, 0.29) is 0 Å². The molecular formula is C7H7BN2. The van der Waals surface area contributed by atoms with Crippen LogP contribution in [0.4, 0.5) is 0 Å². The molecule has 0 bridgehead atoms. The Bertz CT molecular complexity index is 353. The molecule has 0 aliphatic rings. The molecule has 0 spiro atoms. The van der Waals surface area contributed by atoms with Gasteiger partial charge < -0.3 is 4.98 Å². The van der Waals surface area contributed by atoms with E-state index in [1.54, 1.807) is 6.20 Å². The predicted octanol–water partition coefficient (Wildman–Crippen LogP) is -0.179. The fourth-order valence-corrected chi connectivity index (χ4v) is 1.09. The number of aromatic nitrogens is 2. The SMILES string of the molecule is Bc1c[nH]c2ncccc12. The first-order chi connectivity index (χ1) is 4.88. The fourth-order valence-electron chi connectivity index (χ4n) is 1.09. The molecule has 0 aliphatic heterocycles. The molecule has 0 aliphatic carbocycles. The highest BCUT2D eigenvalue weighted by atomic mass is 14.8. The number of nitrogens with zero attached hydrogens (tertiary/aromatic N) is 1. The van der Waals surface area contributed by atoms with Crippen LogP contribution in [0.15, 0.2) is 24.5 Å². The van der Waals surface area contributed by atoms with Gasteiger partial charge in [0, 0.05) is 11.6 Å². The zero-order chi connectivity index (χ0) is 6.97. The number of H-pyrrole nitrogens is 1. The van der Waals surface area contributed by atoms with Crippen molar-refractivity contribution in [2.45, 2.75) is 0 Å². The molecule has 2 nitrogen and oxygen atoms in total. The second-order valence-corrected chi connectivity index (χ2v) is 2.37. The Balaban J connectivity index is 2.93. The molecule has 0 fully saturated rings. The molecular weight excluding hydrogens is 123 g/mol. The monoisotopic (exact) mass is 130 g/mol. The Kier molecular flexibility index (Phi) is 1.03. The van der Waals surface area contributed by atoms with Crippen LogP contribution in [-0.2, 0) is 0 Å². The van der Waals surface area contributed by atoms with Crippen molar-refractivity contribution in [1.29, 1.82) is 0 Å². The minimum absolute atomic E-state index is 0.972. The first kappa shape index (κ1) is 5.53. The quantitative estimate of drug-likeness (QED) is 0.492. The predicted molar refractivity (Wildman–Crippen MR) is 44.3 cm³/mol. The third-order valence-corrected chi connectivity index (χ3v) is 1.66. The van der Waals surface area contributed by atoms with Gasteiger partial charge in [0.1, 0.15) is 13.5 Å². The third kappa shape index (κ3) is 0.636. The van der Waals surface area contributed by atoms with Gasteiger partial charge in [-0.1, -0.05) is 11.5 Å². The molecule has 2 aromatic heterocycles. The summed E-state index contributed by atoms with van der Waals surface area (Å²) >= 11 is 0. The highest BCUT2D eigenvalue weighted by Gasteiger charge is 1.95. The van der Waals surface area contributed by atoms with Crippen molar-refractivity contribution >= 4 is 24.3 Å². The van der Waals surface area contributed by atoms with Gasteiger partial charge in [-0.3, -0.25) is 0 Å². The van der Waals surface area contributed by atoms with Crippen LogP contribution in [0.3, 0.4) is 0 Å². The van der Waals surface area contributed by atoms with E-state index in [0.717, 1.165) is 5.65 Å². The normalized spacial score (nSPS) is 10.4. The van der Waals surface area contributed by atoms with E-state index < -0.39 is 0 Å². The Hall–Kier alpha value is -1.25. The summed E-state index contributed by atoms with van der Waals surface area (Å²) in [5, 5.41) is 1.21. The standard InChI is InChI=1S/C7H7BN2/c8-6-4-10-7-5(6)2-1-3-9-7/h1-4H,8H2,(H,9,10). The van der Waals surface area contributed by atoms with Crippen LogP contribution < -0.4 is 5.46 Å². The highest BCUT2D eigenvalue weighted by molar-refractivity contribution is 6.38. The van der Waals surface area contributed by atoms with Crippen molar-refractivity contribution in [2.75, 3.05) is 0 Å². The summed E-state index contributed by atoms with van der Waals surface area (Å²) in [6.07, 6.45) is 3.76. The smallest absolute Gasteiger partial charge is 0.142 e. The molecule has 0 amide bonds. The van der Waals surface area contributed by atoms with Crippen LogP contribution >= 0.6 is 0 Å². The van der Waals surface area contributed by atoms with Gasteiger partial charge in [0.25, 0.3) is 0 Å². The van der Waals surface area contributed by atoms with E-state index in [4.69, 9.17) is 0 Å². The molecule has 2 rings (SSSR count). The van der Waals surface area contributed by atoms with Gasteiger partial charge in [-0.2, -0.15) is 0 Å². The molecule has 2 heterocycles. The van der Waals surface area contributed by atoms with Gasteiger partial charge in [0.2, 0.25) is 0 Å². The summed E-state index contributed by atoms with van der Waals surface area (Å²) in [6.45, 7) is 0. The Morgan fingerprint density at radius 2 is 2.40 bits per heavy atom. The lowest BCUT2D eigenvalue weighted by atomic mass is 9.97. The van der Waals surface area contributed by atoms with E-state index >= 15 is 0 Å². The fraction of sp³-hybridized carbons (Fsp3) is 0. The first-order valence-corrected chi connectivity index (χ1v) is 3.26. The minimum atomic E-state index is 0.972. The van der Waals surface area contributed by atoms with Crippen LogP contribution in [0.2, 0.25) is 0 Å². The van der Waals surface area contributed by atoms with Gasteiger partial charge in [0.05, 0.1) is 0 Å². The molecule has 0 saturated heterocycles. The second-order valence-electron chi connectivity index (χ2n) is 2.37. The highest BCUT2D eigenvalue weighted by Crippen LogP contribution is 2.02. The summed E-state index contributed by atoms with van der Waals surface area (Å²) < 4.78 is 0. The number of fused-ring (bicyclic) bond motifs is 1. The molecule has 0 atom stereocenters. The lowest BCUT2D eigenvalue weighted by molar-refractivity contribution is 1.33. The lowest BCUT2D eigenvalue weighted by Crippen LogP contribution is -1.96. The summed E-state index contributed by atoms with van der Waals surface area (Å²) in [5.74, 6) is 0. The molecule has 10 heavy (non-hydrogen) atoms. The van der Waals surface area contributed by atoms with Crippen molar-refractivity contribution < 1.29 is 0 Å². The summed E-state index contributed by atoms with van der Waals surface area (Å²) in [5.41, 5.74) is 2.23.